The lowest BCUT2D eigenvalue weighted by atomic mass is 10.1. The lowest BCUT2D eigenvalue weighted by Crippen LogP contribution is -2.13. The number of nitrogens with one attached hydrogen (secondary N) is 1. The molecular formula is C23H22ClN3O7S. The molecule has 4 heterocycles. The van der Waals surface area contributed by atoms with Crippen LogP contribution in [0, 0.1) is 0 Å². The maximum atomic E-state index is 12.6. The molecule has 10 nitrogen and oxygen atoms in total. The molecule has 12 heteroatoms. The summed E-state index contributed by atoms with van der Waals surface area (Å²) in [5, 5.41) is 13.0. The second-order valence-corrected chi connectivity index (χ2v) is 9.40. The number of nitrogens with zero attached hydrogens (tertiary/aromatic N) is 2. The molecule has 4 bridgehead atoms. The highest BCUT2D eigenvalue weighted by molar-refractivity contribution is 7.15. The number of rotatable bonds is 9. The Morgan fingerprint density at radius 2 is 1.97 bits per heavy atom. The first-order valence-electron chi connectivity index (χ1n) is 10.8. The van der Waals surface area contributed by atoms with Crippen LogP contribution < -0.4 is 14.8 Å². The third kappa shape index (κ3) is 4.04. The van der Waals surface area contributed by atoms with E-state index in [1.54, 1.807) is 25.0 Å². The number of hydrogen-bond acceptors (Lipinski definition) is 8. The average Bonchev–Trinajstić information content (AvgIpc) is 3.55. The van der Waals surface area contributed by atoms with E-state index in [4.69, 9.17) is 30.5 Å². The van der Waals surface area contributed by atoms with Gasteiger partial charge in [-0.1, -0.05) is 11.6 Å². The average molecular weight is 520 g/mol. The van der Waals surface area contributed by atoms with Gasteiger partial charge in [0.2, 0.25) is 18.5 Å². The third-order valence-electron chi connectivity index (χ3n) is 5.88. The van der Waals surface area contributed by atoms with E-state index in [2.05, 4.69) is 10.3 Å². The number of methoxy groups -OCH3 is 2. The van der Waals surface area contributed by atoms with E-state index < -0.39 is 18.5 Å². The Morgan fingerprint density at radius 3 is 2.66 bits per heavy atom. The number of carbonyl (C=O) groups excluding carboxylic acids is 1. The Bertz CT molecular complexity index is 1340. The topological polar surface area (TPSA) is 121 Å². The molecule has 2 aliphatic rings. The van der Waals surface area contributed by atoms with Gasteiger partial charge in [0.1, 0.15) is 15.7 Å². The number of carboxylic acid groups (broad SMARTS) is 1. The van der Waals surface area contributed by atoms with Gasteiger partial charge in [-0.2, -0.15) is 0 Å². The largest absolute Gasteiger partial charge is 0.478 e. The van der Waals surface area contributed by atoms with Gasteiger partial charge in [-0.25, -0.2) is 9.78 Å². The Kier molecular flexibility index (Phi) is 6.18. The summed E-state index contributed by atoms with van der Waals surface area (Å²) in [6, 6.07) is 1.91. The molecule has 35 heavy (non-hydrogen) atoms. The first kappa shape index (κ1) is 23.6. The summed E-state index contributed by atoms with van der Waals surface area (Å²) in [6.45, 7) is 2.47. The number of carbonyl (C=O) groups is 2. The van der Waals surface area contributed by atoms with E-state index in [0.29, 0.717) is 40.2 Å². The quantitative estimate of drug-likeness (QED) is 0.419. The van der Waals surface area contributed by atoms with Crippen LogP contribution in [0.1, 0.15) is 52.3 Å². The van der Waals surface area contributed by atoms with Gasteiger partial charge in [0.25, 0.3) is 0 Å². The minimum absolute atomic E-state index is 0.0443. The molecule has 0 fully saturated rings. The molecule has 5 rings (SSSR count). The second-order valence-electron chi connectivity index (χ2n) is 7.96. The monoisotopic (exact) mass is 519 g/mol. The highest BCUT2D eigenvalue weighted by Gasteiger charge is 2.44. The van der Waals surface area contributed by atoms with Crippen molar-refractivity contribution in [3.8, 4) is 22.1 Å². The van der Waals surface area contributed by atoms with Crippen LogP contribution >= 0.6 is 22.9 Å². The lowest BCUT2D eigenvalue weighted by molar-refractivity contribution is -0.116. The molecule has 2 aromatic heterocycles. The molecule has 1 aromatic carbocycles. The first-order valence-corrected chi connectivity index (χ1v) is 12.0. The molecule has 2 N–H and O–H groups in total. The number of amides is 1. The number of ether oxygens (including phenoxy) is 4. The lowest BCUT2D eigenvalue weighted by Gasteiger charge is -2.12. The van der Waals surface area contributed by atoms with Crippen LogP contribution in [0.15, 0.2) is 18.5 Å². The van der Waals surface area contributed by atoms with Gasteiger partial charge in [0, 0.05) is 50.0 Å². The molecule has 0 radical (unpaired) electrons. The van der Waals surface area contributed by atoms with Gasteiger partial charge in [-0.15, -0.1) is 11.3 Å². The maximum Gasteiger partial charge on any atom is 0.339 e. The van der Waals surface area contributed by atoms with Crippen molar-refractivity contribution in [2.75, 3.05) is 19.5 Å². The number of halogens is 1. The van der Waals surface area contributed by atoms with E-state index in [9.17, 15) is 14.7 Å². The van der Waals surface area contributed by atoms with Crippen LogP contribution in [0.4, 0.5) is 5.69 Å². The molecule has 1 amide bonds. The van der Waals surface area contributed by atoms with Crippen LogP contribution in [0.3, 0.4) is 0 Å². The molecule has 184 valence electrons. The van der Waals surface area contributed by atoms with Crippen molar-refractivity contribution in [3.05, 3.63) is 45.2 Å². The van der Waals surface area contributed by atoms with Crippen molar-refractivity contribution in [3.63, 3.8) is 0 Å². The van der Waals surface area contributed by atoms with Crippen molar-refractivity contribution >= 4 is 40.5 Å². The predicted molar refractivity (Wildman–Crippen MR) is 127 cm³/mol. The zero-order chi connectivity index (χ0) is 24.9. The number of aromatic nitrogens is 2. The Hall–Kier alpha value is -3.12. The van der Waals surface area contributed by atoms with Gasteiger partial charge in [-0.3, -0.25) is 4.79 Å². The van der Waals surface area contributed by atoms with Crippen molar-refractivity contribution in [2.45, 2.75) is 38.9 Å². The van der Waals surface area contributed by atoms with Crippen LogP contribution in [-0.2, 0) is 27.2 Å². The fourth-order valence-electron chi connectivity index (χ4n) is 4.19. The Morgan fingerprint density at radius 1 is 1.23 bits per heavy atom. The summed E-state index contributed by atoms with van der Waals surface area (Å²) < 4.78 is 24.4. The number of thiazole rings is 1. The van der Waals surface area contributed by atoms with Crippen molar-refractivity contribution < 1.29 is 33.6 Å². The van der Waals surface area contributed by atoms with Gasteiger partial charge in [0.15, 0.2) is 11.5 Å². The van der Waals surface area contributed by atoms with E-state index >= 15 is 0 Å². The molecule has 3 aromatic rings. The number of hydrogen-bond donors (Lipinski definition) is 2. The van der Waals surface area contributed by atoms with E-state index in [0.717, 1.165) is 16.0 Å². The van der Waals surface area contributed by atoms with Crippen LogP contribution in [0.5, 0.6) is 11.5 Å². The van der Waals surface area contributed by atoms with E-state index in [-0.39, 0.29) is 23.6 Å². The highest BCUT2D eigenvalue weighted by atomic mass is 35.5. The molecule has 2 aliphatic heterocycles. The Balaban J connectivity index is 1.33. The fourth-order valence-corrected chi connectivity index (χ4v) is 5.50. The zero-order valence-electron chi connectivity index (χ0n) is 19.1. The minimum Gasteiger partial charge on any atom is -0.478 e. The molecule has 0 saturated heterocycles. The second kappa shape index (κ2) is 9.15. The molecule has 2 atom stereocenters. The number of aryl methyl sites for hydroxylation is 2. The number of carboxylic acids is 1. The molecule has 0 aliphatic carbocycles. The van der Waals surface area contributed by atoms with Gasteiger partial charge in [-0.05, 0) is 19.4 Å². The minimum atomic E-state index is -1.10. The summed E-state index contributed by atoms with van der Waals surface area (Å²) in [5.74, 6) is -0.320. The standard InChI is InChI=1S/C23H22ClN3O7S/c1-4-27-8-12(21(29)30)13(9-27)25-15(28)6-5-14-19(24)26-20(35-14)11-7-10-16-18(34-22(10)31-2)17(11)33-23(16)32-3/h7-9,22-23H,4-6H2,1-3H3,(H,25,28)(H,29,30). The van der Waals surface area contributed by atoms with Crippen LogP contribution in [0.25, 0.3) is 10.6 Å². The summed E-state index contributed by atoms with van der Waals surface area (Å²) in [7, 11) is 3.12. The number of anilines is 1. The maximum absolute atomic E-state index is 12.6. The van der Waals surface area contributed by atoms with Crippen LogP contribution in [0.2, 0.25) is 5.15 Å². The normalized spacial score (nSPS) is 17.4. The number of aromatic carboxylic acids is 1. The SMILES string of the molecule is CCn1cc(NC(=O)CCc2sc(-c3cc4c5c(c3OC5OC)OC4OC)nc2Cl)c(C(=O)O)c1. The van der Waals surface area contributed by atoms with E-state index in [1.165, 1.54) is 17.5 Å². The molecule has 0 spiro atoms. The molecule has 2 unspecified atom stereocenters. The van der Waals surface area contributed by atoms with Crippen LogP contribution in [-0.4, -0.2) is 40.8 Å². The van der Waals surface area contributed by atoms with Gasteiger partial charge < -0.3 is 33.9 Å². The van der Waals surface area contributed by atoms with Crippen molar-refractivity contribution in [1.29, 1.82) is 0 Å². The van der Waals surface area contributed by atoms with Gasteiger partial charge >= 0.3 is 5.97 Å². The highest BCUT2D eigenvalue weighted by Crippen LogP contribution is 2.59. The van der Waals surface area contributed by atoms with Crippen molar-refractivity contribution in [1.82, 2.24) is 9.55 Å². The molecular weight excluding hydrogens is 498 g/mol. The summed E-state index contributed by atoms with van der Waals surface area (Å²) >= 11 is 7.76. The Labute approximate surface area is 209 Å². The smallest absolute Gasteiger partial charge is 0.339 e. The third-order valence-corrected chi connectivity index (χ3v) is 7.46. The first-order chi connectivity index (χ1) is 16.8. The fraction of sp³-hybridized carbons (Fsp3) is 0.348. The van der Waals surface area contributed by atoms with Gasteiger partial charge in [0.05, 0.1) is 16.8 Å². The summed E-state index contributed by atoms with van der Waals surface area (Å²) in [6.07, 6.45) is 2.41. The zero-order valence-corrected chi connectivity index (χ0v) is 20.7. The van der Waals surface area contributed by atoms with E-state index in [1.807, 2.05) is 13.0 Å². The summed E-state index contributed by atoms with van der Waals surface area (Å²) in [4.78, 5) is 29.2. The summed E-state index contributed by atoms with van der Waals surface area (Å²) in [5.41, 5.74) is 2.65. The number of benzene rings is 1. The van der Waals surface area contributed by atoms with Crippen molar-refractivity contribution in [2.24, 2.45) is 0 Å². The predicted octanol–water partition coefficient (Wildman–Crippen LogP) is 4.63. The molecule has 0 saturated carbocycles.